The fourth-order valence-corrected chi connectivity index (χ4v) is 3.84. The molecule has 2 aromatic carbocycles. The Morgan fingerprint density at radius 3 is 2.58 bits per heavy atom. The van der Waals surface area contributed by atoms with Crippen LogP contribution < -0.4 is 10.6 Å². The summed E-state index contributed by atoms with van der Waals surface area (Å²) in [4.78, 5) is 41.5. The Hall–Kier alpha value is -4.26. The Morgan fingerprint density at radius 1 is 1.03 bits per heavy atom. The lowest BCUT2D eigenvalue weighted by molar-refractivity contribution is -0.123. The van der Waals surface area contributed by atoms with Gasteiger partial charge in [0.05, 0.1) is 16.8 Å². The predicted octanol–water partition coefficient (Wildman–Crippen LogP) is 3.89. The maximum absolute atomic E-state index is 13.1. The molecule has 7 heteroatoms. The predicted molar refractivity (Wildman–Crippen MR) is 126 cm³/mol. The van der Waals surface area contributed by atoms with E-state index in [1.165, 1.54) is 6.08 Å². The lowest BCUT2D eigenvalue weighted by Gasteiger charge is -2.12. The lowest BCUT2D eigenvalue weighted by atomic mass is 10.0. The molecule has 1 aliphatic carbocycles. The van der Waals surface area contributed by atoms with E-state index < -0.39 is 24.5 Å². The van der Waals surface area contributed by atoms with Crippen molar-refractivity contribution in [3.63, 3.8) is 0 Å². The number of esters is 1. The van der Waals surface area contributed by atoms with Crippen LogP contribution in [0.1, 0.15) is 33.6 Å². The SMILES string of the molecule is C=CCNC(=O)NC(=O)COC(=O)c1c2c(nc3ccccc13)/C(=C/c1ccccc1)CC2. The number of rotatable bonds is 6. The number of para-hydroxylation sites is 1. The van der Waals surface area contributed by atoms with Crippen LogP contribution >= 0.6 is 0 Å². The second kappa shape index (κ2) is 9.91. The fourth-order valence-electron chi connectivity index (χ4n) is 3.84. The van der Waals surface area contributed by atoms with Crippen molar-refractivity contribution in [1.82, 2.24) is 15.6 Å². The van der Waals surface area contributed by atoms with Crippen LogP contribution in [0.25, 0.3) is 22.6 Å². The summed E-state index contributed by atoms with van der Waals surface area (Å²) >= 11 is 0. The smallest absolute Gasteiger partial charge is 0.339 e. The second-order valence-electron chi connectivity index (χ2n) is 7.53. The number of amides is 3. The lowest BCUT2D eigenvalue weighted by Crippen LogP contribution is -2.41. The maximum Gasteiger partial charge on any atom is 0.339 e. The molecule has 33 heavy (non-hydrogen) atoms. The number of benzene rings is 2. The number of pyridine rings is 1. The summed E-state index contributed by atoms with van der Waals surface area (Å²) in [6.07, 6.45) is 4.96. The van der Waals surface area contributed by atoms with Crippen LogP contribution in [0.5, 0.6) is 0 Å². The molecule has 166 valence electrons. The van der Waals surface area contributed by atoms with E-state index in [-0.39, 0.29) is 6.54 Å². The topological polar surface area (TPSA) is 97.4 Å². The first kappa shape index (κ1) is 22.0. The van der Waals surface area contributed by atoms with E-state index in [9.17, 15) is 14.4 Å². The molecule has 1 aromatic heterocycles. The van der Waals surface area contributed by atoms with Gasteiger partial charge in [-0.3, -0.25) is 10.1 Å². The number of carbonyl (C=O) groups is 3. The van der Waals surface area contributed by atoms with Crippen LogP contribution in [-0.2, 0) is 16.0 Å². The molecule has 0 aliphatic heterocycles. The molecule has 7 nitrogen and oxygen atoms in total. The average molecular weight is 441 g/mol. The minimum atomic E-state index is -0.718. The first-order valence-corrected chi connectivity index (χ1v) is 10.6. The first-order chi connectivity index (χ1) is 16.1. The average Bonchev–Trinajstić information content (AvgIpc) is 3.22. The van der Waals surface area contributed by atoms with Gasteiger partial charge in [0.25, 0.3) is 5.91 Å². The van der Waals surface area contributed by atoms with E-state index in [1.54, 1.807) is 0 Å². The van der Waals surface area contributed by atoms with Gasteiger partial charge in [0.2, 0.25) is 0 Å². The standard InChI is InChI=1S/C26H23N3O4/c1-2-14-27-26(32)29-22(30)16-33-25(31)23-19-10-6-7-11-21(19)28-24-18(12-13-20(23)24)15-17-8-4-3-5-9-17/h2-11,15H,1,12-14,16H2,(H2,27,29,30,32)/b18-15+. The van der Waals surface area contributed by atoms with Gasteiger partial charge in [-0.1, -0.05) is 54.6 Å². The van der Waals surface area contributed by atoms with Crippen molar-refractivity contribution in [3.8, 4) is 0 Å². The molecule has 0 fully saturated rings. The molecule has 4 rings (SSSR count). The van der Waals surface area contributed by atoms with Crippen molar-refractivity contribution >= 4 is 40.5 Å². The summed E-state index contributed by atoms with van der Waals surface area (Å²) in [7, 11) is 0. The maximum atomic E-state index is 13.1. The van der Waals surface area contributed by atoms with Gasteiger partial charge >= 0.3 is 12.0 Å². The number of nitrogens with zero attached hydrogens (tertiary/aromatic N) is 1. The highest BCUT2D eigenvalue weighted by molar-refractivity contribution is 6.08. The highest BCUT2D eigenvalue weighted by Crippen LogP contribution is 2.37. The molecule has 3 amide bonds. The fraction of sp³-hybridized carbons (Fsp3) is 0.154. The summed E-state index contributed by atoms with van der Waals surface area (Å²) in [6.45, 7) is 3.13. The molecule has 1 heterocycles. The largest absolute Gasteiger partial charge is 0.452 e. The quantitative estimate of drug-likeness (QED) is 0.447. The van der Waals surface area contributed by atoms with E-state index in [2.05, 4.69) is 23.3 Å². The van der Waals surface area contributed by atoms with Crippen LogP contribution in [0.15, 0.2) is 67.3 Å². The van der Waals surface area contributed by atoms with Crippen molar-refractivity contribution in [2.24, 2.45) is 0 Å². The molecule has 0 saturated carbocycles. The van der Waals surface area contributed by atoms with Crippen molar-refractivity contribution in [1.29, 1.82) is 0 Å². The van der Waals surface area contributed by atoms with Crippen LogP contribution in [-0.4, -0.2) is 36.0 Å². The Balaban J connectivity index is 1.61. The van der Waals surface area contributed by atoms with Crippen LogP contribution in [0, 0.1) is 0 Å². The molecule has 0 radical (unpaired) electrons. The zero-order chi connectivity index (χ0) is 23.2. The molecule has 0 atom stereocenters. The van der Waals surface area contributed by atoms with Crippen molar-refractivity contribution in [3.05, 3.63) is 89.6 Å². The van der Waals surface area contributed by atoms with Gasteiger partial charge in [-0.2, -0.15) is 0 Å². The molecule has 0 saturated heterocycles. The monoisotopic (exact) mass is 441 g/mol. The van der Waals surface area contributed by atoms with Gasteiger partial charge in [0.1, 0.15) is 0 Å². The molecular weight excluding hydrogens is 418 g/mol. The van der Waals surface area contributed by atoms with E-state index in [1.807, 2.05) is 54.6 Å². The Kier molecular flexibility index (Phi) is 6.59. The molecular formula is C26H23N3O4. The van der Waals surface area contributed by atoms with Crippen molar-refractivity contribution in [2.75, 3.05) is 13.2 Å². The summed E-state index contributed by atoms with van der Waals surface area (Å²) in [5.41, 5.74) is 4.79. The Labute approximate surface area is 191 Å². The van der Waals surface area contributed by atoms with Gasteiger partial charge < -0.3 is 10.1 Å². The van der Waals surface area contributed by atoms with E-state index >= 15 is 0 Å². The number of carbonyl (C=O) groups excluding carboxylic acids is 3. The minimum Gasteiger partial charge on any atom is -0.452 e. The molecule has 0 unspecified atom stereocenters. The molecule has 0 bridgehead atoms. The highest BCUT2D eigenvalue weighted by atomic mass is 16.5. The third-order valence-corrected chi connectivity index (χ3v) is 5.28. The molecule has 2 N–H and O–H groups in total. The van der Waals surface area contributed by atoms with Crippen molar-refractivity contribution in [2.45, 2.75) is 12.8 Å². The number of hydrogen-bond donors (Lipinski definition) is 2. The summed E-state index contributed by atoms with van der Waals surface area (Å²) in [5.74, 6) is -1.34. The second-order valence-corrected chi connectivity index (χ2v) is 7.53. The zero-order valence-electron chi connectivity index (χ0n) is 18.0. The van der Waals surface area contributed by atoms with E-state index in [4.69, 9.17) is 9.72 Å². The van der Waals surface area contributed by atoms with Crippen LogP contribution in [0.3, 0.4) is 0 Å². The summed E-state index contributed by atoms with van der Waals surface area (Å²) in [5, 5.41) is 5.20. The number of allylic oxidation sites excluding steroid dienone is 1. The number of hydrogen-bond acceptors (Lipinski definition) is 5. The minimum absolute atomic E-state index is 0.215. The molecule has 1 aliphatic rings. The zero-order valence-corrected chi connectivity index (χ0v) is 18.0. The van der Waals surface area contributed by atoms with Crippen molar-refractivity contribution < 1.29 is 19.1 Å². The molecule has 3 aromatic rings. The van der Waals surface area contributed by atoms with Gasteiger partial charge in [-0.15, -0.1) is 6.58 Å². The number of ether oxygens (including phenoxy) is 1. The summed E-state index contributed by atoms with van der Waals surface area (Å²) in [6, 6.07) is 16.6. The highest BCUT2D eigenvalue weighted by Gasteiger charge is 2.28. The van der Waals surface area contributed by atoms with E-state index in [0.29, 0.717) is 22.9 Å². The number of fused-ring (bicyclic) bond motifs is 2. The van der Waals surface area contributed by atoms with Gasteiger partial charge in [0, 0.05) is 11.9 Å². The van der Waals surface area contributed by atoms with Gasteiger partial charge in [-0.05, 0) is 41.7 Å². The number of urea groups is 1. The molecule has 0 spiro atoms. The first-order valence-electron chi connectivity index (χ1n) is 10.6. The third-order valence-electron chi connectivity index (χ3n) is 5.28. The third kappa shape index (κ3) is 4.98. The number of imide groups is 1. The van der Waals surface area contributed by atoms with Gasteiger partial charge in [-0.25, -0.2) is 14.6 Å². The Morgan fingerprint density at radius 2 is 1.79 bits per heavy atom. The summed E-state index contributed by atoms with van der Waals surface area (Å²) < 4.78 is 5.28. The number of aromatic nitrogens is 1. The van der Waals surface area contributed by atoms with Crippen LogP contribution in [0.2, 0.25) is 0 Å². The normalized spacial score (nSPS) is 13.4. The van der Waals surface area contributed by atoms with E-state index in [0.717, 1.165) is 28.8 Å². The van der Waals surface area contributed by atoms with Crippen LogP contribution in [0.4, 0.5) is 4.79 Å². The Bertz CT molecular complexity index is 1270. The van der Waals surface area contributed by atoms with Gasteiger partial charge in [0.15, 0.2) is 6.61 Å². The number of nitrogens with one attached hydrogen (secondary N) is 2.